The van der Waals surface area contributed by atoms with Crippen molar-refractivity contribution >= 4 is 36.3 Å². The van der Waals surface area contributed by atoms with Crippen LogP contribution in [0.1, 0.15) is 127 Å². The summed E-state index contributed by atoms with van der Waals surface area (Å²) in [6, 6.07) is 34.5. The van der Waals surface area contributed by atoms with E-state index in [2.05, 4.69) is 19.7 Å². The first-order chi connectivity index (χ1) is 44.9. The van der Waals surface area contributed by atoms with Gasteiger partial charge in [0.15, 0.2) is 59.7 Å². The van der Waals surface area contributed by atoms with E-state index in [1.165, 1.54) is 43.3 Å². The van der Waals surface area contributed by atoms with E-state index in [0.717, 1.165) is 17.4 Å². The van der Waals surface area contributed by atoms with Gasteiger partial charge in [0.05, 0.1) is 5.56 Å². The molecule has 0 radical (unpaired) electrons. The molecule has 95 heavy (non-hydrogen) atoms. The summed E-state index contributed by atoms with van der Waals surface area (Å²) in [4.78, 5) is 60.3. The largest absolute Gasteiger partial charge is 0.514 e. The van der Waals surface area contributed by atoms with Gasteiger partial charge in [-0.05, 0) is 219 Å². The first-order valence-corrected chi connectivity index (χ1v) is 30.5. The van der Waals surface area contributed by atoms with Crippen molar-refractivity contribution in [1.29, 1.82) is 0 Å². The maximum absolute atomic E-state index is 12.7. The molecular formula is C73H88O22. The van der Waals surface area contributed by atoms with Crippen LogP contribution < -0.4 is 52.1 Å². The summed E-state index contributed by atoms with van der Waals surface area (Å²) in [6.07, 6.45) is -2.03. The van der Waals surface area contributed by atoms with Gasteiger partial charge in [-0.15, -0.1) is 0 Å². The van der Waals surface area contributed by atoms with Crippen LogP contribution in [0.15, 0.2) is 158 Å². The number of carbonyl (C=O) groups excluding carboxylic acids is 5. The van der Waals surface area contributed by atoms with Crippen LogP contribution in [0.25, 0.3) is 6.08 Å². The number of carbonyl (C=O) groups is 5. The van der Waals surface area contributed by atoms with Gasteiger partial charge in [-0.3, -0.25) is 0 Å². The van der Waals surface area contributed by atoms with Crippen molar-refractivity contribution in [2.24, 2.45) is 0 Å². The van der Waals surface area contributed by atoms with E-state index in [9.17, 15) is 24.0 Å². The standard InChI is InChI=1S/C27H30O10.C24H30O7.C22H28O5/c1-16(2)22(28)32-18-10-12-19(13-11-18)33-23(29)17-9-14-20(34-24(30)36-26(3,4)5)21(15-17)35-25(31)37-27(6,7)8;1-7-26-17(5)28-22-14-13-21(15-23(22)29-18(6)27-8-2)30-19-9-11-20(12-10-19)31-24(25)16(3)4;1-6-18-9-11-19(12-10-18)27-20-13-14-21(25-16(4)23-7-2)22(15-20)26-17(5)24-8-3/h9-15H,1H2,2-8H3;9-15,17-18H,3,7-8H2,1-2,4-6H3;6,9-17H,1,7-8H2,2-5H3. The minimum absolute atomic E-state index is 0.0205. The predicted octanol–water partition coefficient (Wildman–Crippen LogP) is 17.1. The van der Waals surface area contributed by atoms with Crippen LogP contribution in [0.4, 0.5) is 9.59 Å². The maximum atomic E-state index is 12.7. The van der Waals surface area contributed by atoms with Crippen LogP contribution in [0.3, 0.4) is 0 Å². The van der Waals surface area contributed by atoms with Crippen LogP contribution in [0.2, 0.25) is 0 Å². The average Bonchev–Trinajstić information content (AvgIpc) is 0.859. The molecule has 6 aromatic carbocycles. The van der Waals surface area contributed by atoms with Crippen molar-refractivity contribution < 1.29 is 104 Å². The van der Waals surface area contributed by atoms with Gasteiger partial charge in [0.25, 0.3) is 0 Å². The molecule has 0 saturated heterocycles. The van der Waals surface area contributed by atoms with Gasteiger partial charge in [0.2, 0.25) is 0 Å². The van der Waals surface area contributed by atoms with E-state index < -0.39 is 66.6 Å². The summed E-state index contributed by atoms with van der Waals surface area (Å²) < 4.78 is 93.4. The van der Waals surface area contributed by atoms with Gasteiger partial charge in [0, 0.05) is 49.7 Å². The molecule has 0 heterocycles. The maximum Gasteiger partial charge on any atom is 0.514 e. The number of hydrogen-bond donors (Lipinski definition) is 0. The normalized spacial score (nSPS) is 12.1. The fraction of sp³-hybridized carbons (Fsp3) is 0.356. The molecule has 6 aromatic rings. The zero-order chi connectivity index (χ0) is 70.4. The van der Waals surface area contributed by atoms with Crippen molar-refractivity contribution in [2.45, 2.75) is 147 Å². The Balaban J connectivity index is 0.000000307. The second-order valence-corrected chi connectivity index (χ2v) is 22.2. The smallest absolute Gasteiger partial charge is 0.461 e. The van der Waals surface area contributed by atoms with Crippen molar-refractivity contribution in [1.82, 2.24) is 0 Å². The highest BCUT2D eigenvalue weighted by Crippen LogP contribution is 2.38. The Morgan fingerprint density at radius 1 is 0.389 bits per heavy atom. The lowest BCUT2D eigenvalue weighted by Gasteiger charge is -2.21. The molecule has 6 rings (SSSR count). The molecule has 512 valence electrons. The molecule has 0 saturated carbocycles. The highest BCUT2D eigenvalue weighted by atomic mass is 16.8. The zero-order valence-electron chi connectivity index (χ0n) is 56.9. The second-order valence-electron chi connectivity index (χ2n) is 22.2. The minimum Gasteiger partial charge on any atom is -0.461 e. The van der Waals surface area contributed by atoms with Gasteiger partial charge in [-0.1, -0.05) is 37.9 Å². The van der Waals surface area contributed by atoms with Crippen molar-refractivity contribution in [3.05, 3.63) is 169 Å². The van der Waals surface area contributed by atoms with Crippen molar-refractivity contribution in [2.75, 3.05) is 26.4 Å². The summed E-state index contributed by atoms with van der Waals surface area (Å²) in [6.45, 7) is 40.9. The Bertz CT molecular complexity index is 3470. The monoisotopic (exact) mass is 1320 g/mol. The van der Waals surface area contributed by atoms with Crippen LogP contribution in [-0.2, 0) is 38.0 Å². The number of benzene rings is 6. The third kappa shape index (κ3) is 29.3. The Morgan fingerprint density at radius 2 is 0.705 bits per heavy atom. The van der Waals surface area contributed by atoms with Crippen molar-refractivity contribution in [3.63, 3.8) is 0 Å². The molecule has 0 aliphatic carbocycles. The minimum atomic E-state index is -1.08. The third-order valence-electron chi connectivity index (χ3n) is 11.5. The van der Waals surface area contributed by atoms with Crippen molar-refractivity contribution in [3.8, 4) is 74.7 Å². The molecule has 0 aromatic heterocycles. The molecule has 0 N–H and O–H groups in total. The molecule has 0 aliphatic heterocycles. The summed E-state index contributed by atoms with van der Waals surface area (Å²) in [7, 11) is 0. The molecule has 4 unspecified atom stereocenters. The lowest BCUT2D eigenvalue weighted by molar-refractivity contribution is -0.130. The van der Waals surface area contributed by atoms with Crippen LogP contribution in [0, 0.1) is 0 Å². The van der Waals surface area contributed by atoms with Gasteiger partial charge in [-0.2, -0.15) is 0 Å². The quantitative estimate of drug-likeness (QED) is 0.0139. The zero-order valence-corrected chi connectivity index (χ0v) is 56.9. The molecular weight excluding hydrogens is 1230 g/mol. The first kappa shape index (κ1) is 77.6. The summed E-state index contributed by atoms with van der Waals surface area (Å²) in [5.74, 6) is 3.04. The Kier molecular flexibility index (Phi) is 31.3. The summed E-state index contributed by atoms with van der Waals surface area (Å²) in [5.41, 5.74) is -0.108. The summed E-state index contributed by atoms with van der Waals surface area (Å²) in [5, 5.41) is 0. The number of hydrogen-bond acceptors (Lipinski definition) is 22. The van der Waals surface area contributed by atoms with E-state index in [1.807, 2.05) is 78.8 Å². The molecule has 22 heteroatoms. The van der Waals surface area contributed by atoms with E-state index in [4.69, 9.17) is 80.5 Å². The Hall–Kier alpha value is -9.87. The number of esters is 3. The van der Waals surface area contributed by atoms with Crippen LogP contribution in [-0.4, -0.2) is 93.0 Å². The predicted molar refractivity (Wildman–Crippen MR) is 355 cm³/mol. The SMILES string of the molecule is C=C(C)C(=O)Oc1ccc(OC(=O)c2ccc(OC(=O)OC(C)(C)C)c(OC(=O)OC(C)(C)C)c2)cc1.C=C(C)C(=O)Oc1ccc(Oc2ccc(OC(C)OCC)c(OC(C)OCC)c2)cc1.C=Cc1ccc(Oc2ccc(OC(C)OCC)c(OC(C)OCC)c2)cc1. The lowest BCUT2D eigenvalue weighted by atomic mass is 10.2. The van der Waals surface area contributed by atoms with E-state index in [0.29, 0.717) is 78.0 Å². The molecule has 0 fully saturated rings. The average molecular weight is 1320 g/mol. The van der Waals surface area contributed by atoms with Crippen LogP contribution >= 0.6 is 0 Å². The third-order valence-corrected chi connectivity index (χ3v) is 11.5. The molecule has 0 spiro atoms. The van der Waals surface area contributed by atoms with E-state index in [-0.39, 0.29) is 34.1 Å². The van der Waals surface area contributed by atoms with Gasteiger partial charge in [-0.25, -0.2) is 24.0 Å². The van der Waals surface area contributed by atoms with Gasteiger partial charge < -0.3 is 80.5 Å². The second kappa shape index (κ2) is 38.3. The van der Waals surface area contributed by atoms with E-state index >= 15 is 0 Å². The molecule has 22 nitrogen and oxygen atoms in total. The fourth-order valence-electron chi connectivity index (χ4n) is 7.44. The topological polar surface area (TPSA) is 242 Å². The Labute approximate surface area is 556 Å². The highest BCUT2D eigenvalue weighted by Gasteiger charge is 2.25. The molecule has 0 aliphatic rings. The van der Waals surface area contributed by atoms with E-state index in [1.54, 1.807) is 116 Å². The lowest BCUT2D eigenvalue weighted by Crippen LogP contribution is -2.27. The molecule has 0 amide bonds. The summed E-state index contributed by atoms with van der Waals surface area (Å²) >= 11 is 0. The van der Waals surface area contributed by atoms with Crippen LogP contribution in [0.5, 0.6) is 74.7 Å². The number of ether oxygens (including phenoxy) is 17. The van der Waals surface area contributed by atoms with Gasteiger partial charge >= 0.3 is 30.2 Å². The van der Waals surface area contributed by atoms with Gasteiger partial charge in [0.1, 0.15) is 51.4 Å². The Morgan fingerprint density at radius 3 is 1.05 bits per heavy atom. The highest BCUT2D eigenvalue weighted by molar-refractivity contribution is 5.92. The fourth-order valence-corrected chi connectivity index (χ4v) is 7.44. The molecule has 4 atom stereocenters. The molecule has 0 bridgehead atoms. The number of rotatable bonds is 29. The first-order valence-electron chi connectivity index (χ1n) is 30.5.